The predicted octanol–water partition coefficient (Wildman–Crippen LogP) is 2.45. The van der Waals surface area contributed by atoms with Gasteiger partial charge in [0, 0.05) is 12.3 Å². The van der Waals surface area contributed by atoms with Crippen molar-refractivity contribution in [2.75, 3.05) is 0 Å². The van der Waals surface area contributed by atoms with E-state index >= 15 is 0 Å². The highest BCUT2D eigenvalue weighted by atomic mass is 16.5. The quantitative estimate of drug-likeness (QED) is 0.743. The standard InChI is InChI=1S/C17H13N3O2/c1-12-3-2-8-20-16(21)9-14(19-17(12)20)11-22-15-6-4-13(10-18)5-7-15/h2-9H,11H2,1H3. The van der Waals surface area contributed by atoms with Gasteiger partial charge in [-0.25, -0.2) is 4.98 Å². The van der Waals surface area contributed by atoms with E-state index in [1.807, 2.05) is 25.1 Å². The van der Waals surface area contributed by atoms with Gasteiger partial charge in [-0.05, 0) is 42.8 Å². The fraction of sp³-hybridized carbons (Fsp3) is 0.118. The summed E-state index contributed by atoms with van der Waals surface area (Å²) in [6.45, 7) is 2.11. The zero-order valence-corrected chi connectivity index (χ0v) is 12.0. The van der Waals surface area contributed by atoms with Gasteiger partial charge in [-0.1, -0.05) is 6.07 Å². The number of benzene rings is 1. The molecule has 2 aromatic heterocycles. The van der Waals surface area contributed by atoms with Crippen LogP contribution in [-0.2, 0) is 6.61 Å². The highest BCUT2D eigenvalue weighted by molar-refractivity contribution is 5.46. The van der Waals surface area contributed by atoms with Crippen LogP contribution in [0.25, 0.3) is 5.65 Å². The minimum absolute atomic E-state index is 0.132. The minimum atomic E-state index is -0.132. The Morgan fingerprint density at radius 3 is 2.77 bits per heavy atom. The maximum absolute atomic E-state index is 12.1. The number of aryl methyl sites for hydroxylation is 1. The molecule has 0 aliphatic carbocycles. The van der Waals surface area contributed by atoms with Crippen molar-refractivity contribution in [3.8, 4) is 11.8 Å². The van der Waals surface area contributed by atoms with Crippen LogP contribution in [-0.4, -0.2) is 9.38 Å². The molecular weight excluding hydrogens is 278 g/mol. The van der Waals surface area contributed by atoms with Gasteiger partial charge in [-0.3, -0.25) is 9.20 Å². The Morgan fingerprint density at radius 1 is 1.27 bits per heavy atom. The Kier molecular flexibility index (Phi) is 3.58. The Labute approximate surface area is 127 Å². The second-order valence-electron chi connectivity index (χ2n) is 4.90. The highest BCUT2D eigenvalue weighted by Crippen LogP contribution is 2.13. The van der Waals surface area contributed by atoms with E-state index in [4.69, 9.17) is 10.00 Å². The summed E-state index contributed by atoms with van der Waals surface area (Å²) in [6.07, 6.45) is 1.70. The van der Waals surface area contributed by atoms with Crippen molar-refractivity contribution in [2.45, 2.75) is 13.5 Å². The van der Waals surface area contributed by atoms with Crippen molar-refractivity contribution < 1.29 is 4.74 Å². The lowest BCUT2D eigenvalue weighted by atomic mass is 10.2. The number of nitrogens with zero attached hydrogens (tertiary/aromatic N) is 3. The first-order chi connectivity index (χ1) is 10.7. The molecule has 0 radical (unpaired) electrons. The molecule has 0 saturated heterocycles. The van der Waals surface area contributed by atoms with E-state index < -0.39 is 0 Å². The molecule has 0 aliphatic rings. The van der Waals surface area contributed by atoms with Crippen LogP contribution in [0.3, 0.4) is 0 Å². The first-order valence-corrected chi connectivity index (χ1v) is 6.78. The Bertz CT molecular complexity index is 921. The Morgan fingerprint density at radius 2 is 2.05 bits per heavy atom. The van der Waals surface area contributed by atoms with Crippen LogP contribution < -0.4 is 10.3 Å². The molecule has 5 nitrogen and oxygen atoms in total. The molecule has 0 spiro atoms. The predicted molar refractivity (Wildman–Crippen MR) is 81.7 cm³/mol. The van der Waals surface area contributed by atoms with Gasteiger partial charge >= 0.3 is 0 Å². The summed E-state index contributed by atoms with van der Waals surface area (Å²) < 4.78 is 7.13. The molecule has 0 N–H and O–H groups in total. The SMILES string of the molecule is Cc1cccn2c(=O)cc(COc3ccc(C#N)cc3)nc12. The van der Waals surface area contributed by atoms with Crippen LogP contribution >= 0.6 is 0 Å². The molecule has 108 valence electrons. The molecule has 22 heavy (non-hydrogen) atoms. The van der Waals surface area contributed by atoms with Gasteiger partial charge < -0.3 is 4.74 Å². The van der Waals surface area contributed by atoms with E-state index in [2.05, 4.69) is 4.98 Å². The molecule has 0 saturated carbocycles. The Balaban J connectivity index is 1.86. The molecule has 0 fully saturated rings. The lowest BCUT2D eigenvalue weighted by molar-refractivity contribution is 0.301. The summed E-state index contributed by atoms with van der Waals surface area (Å²) in [5, 5.41) is 8.76. The highest BCUT2D eigenvalue weighted by Gasteiger charge is 2.05. The van der Waals surface area contributed by atoms with Crippen LogP contribution in [0.15, 0.2) is 53.5 Å². The van der Waals surface area contributed by atoms with Crippen LogP contribution in [0.4, 0.5) is 0 Å². The summed E-state index contributed by atoms with van der Waals surface area (Å²) in [5.74, 6) is 0.630. The first-order valence-electron chi connectivity index (χ1n) is 6.78. The van der Waals surface area contributed by atoms with Crippen LogP contribution in [0.5, 0.6) is 5.75 Å². The third-order valence-electron chi connectivity index (χ3n) is 3.31. The molecular formula is C17H13N3O2. The number of hydrogen-bond acceptors (Lipinski definition) is 4. The van der Waals surface area contributed by atoms with Crippen molar-refractivity contribution in [3.05, 3.63) is 75.8 Å². The fourth-order valence-corrected chi connectivity index (χ4v) is 2.17. The van der Waals surface area contributed by atoms with Gasteiger partial charge in [0.1, 0.15) is 18.0 Å². The molecule has 2 heterocycles. The summed E-state index contributed by atoms with van der Waals surface area (Å²) >= 11 is 0. The summed E-state index contributed by atoms with van der Waals surface area (Å²) in [7, 11) is 0. The molecule has 3 aromatic rings. The number of ether oxygens (including phenoxy) is 1. The van der Waals surface area contributed by atoms with Gasteiger partial charge in [0.05, 0.1) is 17.3 Å². The molecule has 0 bridgehead atoms. The third-order valence-corrected chi connectivity index (χ3v) is 3.31. The van der Waals surface area contributed by atoms with Gasteiger partial charge in [0.2, 0.25) is 0 Å². The van der Waals surface area contributed by atoms with Crippen molar-refractivity contribution >= 4 is 5.65 Å². The Hall–Kier alpha value is -3.13. The molecule has 0 amide bonds. The largest absolute Gasteiger partial charge is 0.487 e. The smallest absolute Gasteiger partial charge is 0.258 e. The van der Waals surface area contributed by atoms with Crippen molar-refractivity contribution in [3.63, 3.8) is 0 Å². The van der Waals surface area contributed by atoms with Crippen LogP contribution in [0, 0.1) is 18.3 Å². The maximum atomic E-state index is 12.1. The minimum Gasteiger partial charge on any atom is -0.487 e. The number of pyridine rings is 1. The van der Waals surface area contributed by atoms with E-state index in [1.165, 1.54) is 10.5 Å². The van der Waals surface area contributed by atoms with E-state index in [-0.39, 0.29) is 12.2 Å². The van der Waals surface area contributed by atoms with Crippen molar-refractivity contribution in [2.24, 2.45) is 0 Å². The molecule has 1 aromatic carbocycles. The summed E-state index contributed by atoms with van der Waals surface area (Å²) in [4.78, 5) is 16.5. The number of fused-ring (bicyclic) bond motifs is 1. The third kappa shape index (κ3) is 2.67. The average Bonchev–Trinajstić information content (AvgIpc) is 2.54. The number of nitriles is 1. The normalized spacial score (nSPS) is 10.4. The molecule has 0 atom stereocenters. The van der Waals surface area contributed by atoms with Crippen LogP contribution in [0.1, 0.15) is 16.8 Å². The first kappa shape index (κ1) is 13.8. The van der Waals surface area contributed by atoms with E-state index in [0.29, 0.717) is 22.7 Å². The molecule has 0 aliphatic heterocycles. The van der Waals surface area contributed by atoms with Crippen molar-refractivity contribution in [1.82, 2.24) is 9.38 Å². The zero-order valence-electron chi connectivity index (χ0n) is 12.0. The van der Waals surface area contributed by atoms with Gasteiger partial charge in [0.15, 0.2) is 0 Å². The van der Waals surface area contributed by atoms with Crippen LogP contribution in [0.2, 0.25) is 0 Å². The zero-order chi connectivity index (χ0) is 15.5. The molecule has 5 heteroatoms. The maximum Gasteiger partial charge on any atom is 0.258 e. The van der Waals surface area contributed by atoms with Crippen molar-refractivity contribution in [1.29, 1.82) is 5.26 Å². The molecule has 0 unspecified atom stereocenters. The number of rotatable bonds is 3. The topological polar surface area (TPSA) is 67.4 Å². The van der Waals surface area contributed by atoms with E-state index in [0.717, 1.165) is 5.56 Å². The van der Waals surface area contributed by atoms with E-state index in [1.54, 1.807) is 30.5 Å². The molecule has 3 rings (SSSR count). The monoisotopic (exact) mass is 291 g/mol. The lowest BCUT2D eigenvalue weighted by Gasteiger charge is -2.08. The summed E-state index contributed by atoms with van der Waals surface area (Å²) in [5.41, 5.74) is 2.58. The van der Waals surface area contributed by atoms with E-state index in [9.17, 15) is 4.79 Å². The van der Waals surface area contributed by atoms with Gasteiger partial charge in [0.25, 0.3) is 5.56 Å². The van der Waals surface area contributed by atoms with Gasteiger partial charge in [-0.2, -0.15) is 5.26 Å². The second-order valence-corrected chi connectivity index (χ2v) is 4.90. The van der Waals surface area contributed by atoms with Gasteiger partial charge in [-0.15, -0.1) is 0 Å². The lowest BCUT2D eigenvalue weighted by Crippen LogP contribution is -2.16. The average molecular weight is 291 g/mol. The fourth-order valence-electron chi connectivity index (χ4n) is 2.17. The second kappa shape index (κ2) is 5.70. The number of hydrogen-bond donors (Lipinski definition) is 0. The number of aromatic nitrogens is 2. The summed E-state index contributed by atoms with van der Waals surface area (Å²) in [6, 6.07) is 14.1.